The Labute approximate surface area is 187 Å². The van der Waals surface area contributed by atoms with Gasteiger partial charge in [0.2, 0.25) is 0 Å². The molecule has 0 unspecified atom stereocenters. The maximum Gasteiger partial charge on any atom is 0.341 e. The summed E-state index contributed by atoms with van der Waals surface area (Å²) < 4.78 is 5.02. The highest BCUT2D eigenvalue weighted by molar-refractivity contribution is 7.14. The third-order valence-electron chi connectivity index (χ3n) is 4.29. The van der Waals surface area contributed by atoms with Gasteiger partial charge in [-0.05, 0) is 13.0 Å². The summed E-state index contributed by atoms with van der Waals surface area (Å²) in [5.41, 5.74) is 2.57. The van der Waals surface area contributed by atoms with Gasteiger partial charge in [-0.15, -0.1) is 11.3 Å². The van der Waals surface area contributed by atoms with Crippen LogP contribution in [0.4, 0.5) is 16.5 Å². The third kappa shape index (κ3) is 5.86. The van der Waals surface area contributed by atoms with Gasteiger partial charge in [0, 0.05) is 35.3 Å². The molecule has 0 saturated heterocycles. The lowest BCUT2D eigenvalue weighted by atomic mass is 10.1. The first-order chi connectivity index (χ1) is 15.4. The van der Waals surface area contributed by atoms with Crippen molar-refractivity contribution in [2.24, 2.45) is 0 Å². The summed E-state index contributed by atoms with van der Waals surface area (Å²) in [6.07, 6.45) is 0. The number of anilines is 2. The van der Waals surface area contributed by atoms with E-state index >= 15 is 0 Å². The number of hydrogen-bond acceptors (Lipinski definition) is 9. The molecule has 3 aromatic rings. The molecule has 1 amide bonds. The van der Waals surface area contributed by atoms with E-state index in [0.29, 0.717) is 10.8 Å². The zero-order valence-electron chi connectivity index (χ0n) is 17.0. The van der Waals surface area contributed by atoms with Gasteiger partial charge < -0.3 is 15.2 Å². The summed E-state index contributed by atoms with van der Waals surface area (Å²) in [5.74, 6) is -1.51. The number of amides is 1. The minimum atomic E-state index is -0.913. The summed E-state index contributed by atoms with van der Waals surface area (Å²) in [6.45, 7) is 1.32. The second-order valence-corrected chi connectivity index (χ2v) is 7.52. The van der Waals surface area contributed by atoms with Gasteiger partial charge in [0.25, 0.3) is 11.6 Å². The average molecular weight is 456 g/mol. The van der Waals surface area contributed by atoms with Crippen LogP contribution in [0, 0.1) is 17.0 Å². The maximum absolute atomic E-state index is 12.4. The molecular weight excluding hydrogens is 436 g/mol. The van der Waals surface area contributed by atoms with Crippen molar-refractivity contribution in [2.45, 2.75) is 6.92 Å². The number of esters is 1. The van der Waals surface area contributed by atoms with Crippen molar-refractivity contribution in [3.63, 3.8) is 0 Å². The van der Waals surface area contributed by atoms with Crippen LogP contribution in [-0.4, -0.2) is 46.6 Å². The van der Waals surface area contributed by atoms with Gasteiger partial charge in [0.15, 0.2) is 11.7 Å². The summed E-state index contributed by atoms with van der Waals surface area (Å²) in [6, 6.07) is 11.4. The number of rotatable bonds is 9. The van der Waals surface area contributed by atoms with E-state index in [9.17, 15) is 19.7 Å². The first-order valence-electron chi connectivity index (χ1n) is 9.50. The van der Waals surface area contributed by atoms with Crippen LogP contribution in [-0.2, 0) is 9.53 Å². The number of benzene rings is 2. The smallest absolute Gasteiger partial charge is 0.341 e. The predicted octanol–water partition coefficient (Wildman–Crippen LogP) is 3.23. The van der Waals surface area contributed by atoms with Gasteiger partial charge in [-0.2, -0.15) is 0 Å². The van der Waals surface area contributed by atoms with Crippen LogP contribution >= 0.6 is 11.3 Å². The molecule has 0 spiro atoms. The topological polar surface area (TPSA) is 144 Å². The number of carbonyl (C=O) groups excluding carboxylic acids is 2. The molecule has 1 heterocycles. The van der Waals surface area contributed by atoms with Crippen molar-refractivity contribution in [3.8, 4) is 11.3 Å². The Kier molecular flexibility index (Phi) is 7.47. The minimum Gasteiger partial charge on any atom is -0.452 e. The number of aryl methyl sites for hydroxylation is 1. The minimum absolute atomic E-state index is 0.114. The standard InChI is InChI=1S/C21H20N4O6S/c1-13-2-4-14(5-3-13)18-12-32-21(23-18)24-19(27)11-31-20(28)16-10-15(25(29)30)6-7-17(16)22-8-9-26/h2-7,10,12,22,26H,8-9,11H2,1H3,(H,23,24,27). The third-order valence-corrected chi connectivity index (χ3v) is 5.05. The highest BCUT2D eigenvalue weighted by Crippen LogP contribution is 2.25. The number of aliphatic hydroxyl groups is 1. The Bertz CT molecular complexity index is 1130. The predicted molar refractivity (Wildman–Crippen MR) is 120 cm³/mol. The molecule has 0 aliphatic rings. The van der Waals surface area contributed by atoms with Gasteiger partial charge in [-0.25, -0.2) is 9.78 Å². The average Bonchev–Trinajstić information content (AvgIpc) is 3.24. The van der Waals surface area contributed by atoms with Crippen LogP contribution in [0.15, 0.2) is 47.8 Å². The number of thiazole rings is 1. The molecule has 3 N–H and O–H groups in total. The molecule has 2 aromatic carbocycles. The molecule has 3 rings (SSSR count). The molecule has 11 heteroatoms. The molecule has 1 aromatic heterocycles. The van der Waals surface area contributed by atoms with Crippen molar-refractivity contribution in [2.75, 3.05) is 30.4 Å². The Balaban J connectivity index is 1.62. The van der Waals surface area contributed by atoms with Crippen molar-refractivity contribution >= 4 is 39.7 Å². The van der Waals surface area contributed by atoms with Crippen LogP contribution in [0.5, 0.6) is 0 Å². The van der Waals surface area contributed by atoms with Gasteiger partial charge >= 0.3 is 5.97 Å². The highest BCUT2D eigenvalue weighted by atomic mass is 32.1. The van der Waals surface area contributed by atoms with Crippen molar-refractivity contribution < 1.29 is 24.4 Å². The van der Waals surface area contributed by atoms with E-state index in [1.807, 2.05) is 31.2 Å². The number of nitro groups is 1. The second kappa shape index (κ2) is 10.5. The van der Waals surface area contributed by atoms with E-state index in [0.717, 1.165) is 17.2 Å². The summed E-state index contributed by atoms with van der Waals surface area (Å²) in [7, 11) is 0. The Morgan fingerprint density at radius 1 is 1.22 bits per heavy atom. The fourth-order valence-corrected chi connectivity index (χ4v) is 3.45. The molecule has 0 radical (unpaired) electrons. The van der Waals surface area contributed by atoms with E-state index in [1.165, 1.54) is 23.5 Å². The van der Waals surface area contributed by atoms with Gasteiger partial charge in [0.05, 0.1) is 22.8 Å². The molecule has 32 heavy (non-hydrogen) atoms. The van der Waals surface area contributed by atoms with E-state index < -0.39 is 23.4 Å². The van der Waals surface area contributed by atoms with Crippen molar-refractivity contribution in [3.05, 3.63) is 69.1 Å². The Morgan fingerprint density at radius 2 is 1.97 bits per heavy atom. The molecule has 0 saturated carbocycles. The largest absolute Gasteiger partial charge is 0.452 e. The number of ether oxygens (including phenoxy) is 1. The molecule has 0 atom stereocenters. The monoisotopic (exact) mass is 456 g/mol. The summed E-state index contributed by atoms with van der Waals surface area (Å²) in [4.78, 5) is 39.3. The quantitative estimate of drug-likeness (QED) is 0.253. The van der Waals surface area contributed by atoms with Crippen molar-refractivity contribution in [1.82, 2.24) is 4.98 Å². The van der Waals surface area contributed by atoms with Crippen LogP contribution in [0.25, 0.3) is 11.3 Å². The maximum atomic E-state index is 12.4. The fourth-order valence-electron chi connectivity index (χ4n) is 2.71. The number of nitrogens with one attached hydrogen (secondary N) is 2. The van der Waals surface area contributed by atoms with E-state index in [-0.39, 0.29) is 30.1 Å². The molecular formula is C21H20N4O6S. The van der Waals surface area contributed by atoms with E-state index in [1.54, 1.807) is 5.38 Å². The number of aliphatic hydroxyl groups excluding tert-OH is 1. The first kappa shape index (κ1) is 22.8. The highest BCUT2D eigenvalue weighted by Gasteiger charge is 2.19. The van der Waals surface area contributed by atoms with Gasteiger partial charge in [-0.1, -0.05) is 29.8 Å². The number of hydrogen-bond donors (Lipinski definition) is 3. The van der Waals surface area contributed by atoms with Crippen LogP contribution in [0.3, 0.4) is 0 Å². The lowest BCUT2D eigenvalue weighted by molar-refractivity contribution is -0.384. The zero-order chi connectivity index (χ0) is 23.1. The number of aromatic nitrogens is 1. The number of non-ortho nitro benzene ring substituents is 1. The number of nitro benzene ring substituents is 1. The van der Waals surface area contributed by atoms with Crippen molar-refractivity contribution in [1.29, 1.82) is 0 Å². The molecule has 0 aliphatic carbocycles. The Morgan fingerprint density at radius 3 is 2.66 bits per heavy atom. The van der Waals surface area contributed by atoms with Gasteiger partial charge in [0.1, 0.15) is 0 Å². The van der Waals surface area contributed by atoms with Crippen LogP contribution < -0.4 is 10.6 Å². The zero-order valence-corrected chi connectivity index (χ0v) is 17.8. The van der Waals surface area contributed by atoms with Crippen LogP contribution in [0.2, 0.25) is 0 Å². The molecule has 0 aliphatic heterocycles. The Hall–Kier alpha value is -3.83. The summed E-state index contributed by atoms with van der Waals surface area (Å²) in [5, 5.41) is 27.5. The van der Waals surface area contributed by atoms with E-state index in [2.05, 4.69) is 15.6 Å². The normalized spacial score (nSPS) is 10.4. The fraction of sp³-hybridized carbons (Fsp3) is 0.190. The summed E-state index contributed by atoms with van der Waals surface area (Å²) >= 11 is 1.23. The van der Waals surface area contributed by atoms with Crippen LogP contribution in [0.1, 0.15) is 15.9 Å². The SMILES string of the molecule is Cc1ccc(-c2csc(NC(=O)COC(=O)c3cc([N+](=O)[O-])ccc3NCCO)n2)cc1. The number of carbonyl (C=O) groups is 2. The first-order valence-corrected chi connectivity index (χ1v) is 10.4. The lowest BCUT2D eigenvalue weighted by Gasteiger charge is -2.11. The lowest BCUT2D eigenvalue weighted by Crippen LogP contribution is -2.21. The second-order valence-electron chi connectivity index (χ2n) is 6.67. The van der Waals surface area contributed by atoms with Gasteiger partial charge in [-0.3, -0.25) is 20.2 Å². The van der Waals surface area contributed by atoms with E-state index in [4.69, 9.17) is 9.84 Å². The molecule has 10 nitrogen and oxygen atoms in total. The number of nitrogens with zero attached hydrogens (tertiary/aromatic N) is 2. The molecule has 0 bridgehead atoms. The molecule has 166 valence electrons. The molecule has 0 fully saturated rings.